The van der Waals surface area contributed by atoms with E-state index in [0.717, 1.165) is 11.3 Å². The van der Waals surface area contributed by atoms with Crippen LogP contribution in [-0.2, 0) is 9.59 Å². The van der Waals surface area contributed by atoms with E-state index in [1.807, 2.05) is 36.2 Å². The molecule has 2 aromatic rings. The number of hydrogen-bond acceptors (Lipinski definition) is 5. The summed E-state index contributed by atoms with van der Waals surface area (Å²) in [4.78, 5) is 38.1. The molecule has 1 heterocycles. The van der Waals surface area contributed by atoms with Gasteiger partial charge in [-0.1, -0.05) is 18.2 Å². The van der Waals surface area contributed by atoms with Gasteiger partial charge in [-0.15, -0.1) is 11.6 Å². The lowest BCUT2D eigenvalue weighted by Crippen LogP contribution is -2.46. The Bertz CT molecular complexity index is 1040. The molecule has 3 N–H and O–H groups in total. The van der Waals surface area contributed by atoms with Crippen LogP contribution in [0.15, 0.2) is 48.5 Å². The molecule has 0 radical (unpaired) electrons. The van der Waals surface area contributed by atoms with E-state index < -0.39 is 17.4 Å². The zero-order valence-electron chi connectivity index (χ0n) is 19.6. The van der Waals surface area contributed by atoms with Gasteiger partial charge in [0.2, 0.25) is 5.91 Å². The van der Waals surface area contributed by atoms with Gasteiger partial charge in [0.15, 0.2) is 0 Å². The van der Waals surface area contributed by atoms with E-state index in [2.05, 4.69) is 10.6 Å². The predicted molar refractivity (Wildman–Crippen MR) is 133 cm³/mol. The summed E-state index contributed by atoms with van der Waals surface area (Å²) in [5, 5.41) is 14.3. The van der Waals surface area contributed by atoms with Crippen LogP contribution in [0.4, 0.5) is 5.69 Å². The summed E-state index contributed by atoms with van der Waals surface area (Å²) in [5.41, 5.74) is 2.37. The molecule has 2 amide bonds. The largest absolute Gasteiger partial charge is 0.490 e. The highest BCUT2D eigenvalue weighted by molar-refractivity contribution is 6.24. The number of alkyl halides is 1. The lowest BCUT2D eigenvalue weighted by molar-refractivity contribution is -0.143. The fourth-order valence-corrected chi connectivity index (χ4v) is 5.21. The number of ether oxygens (including phenoxy) is 1. The molecule has 186 valence electrons. The van der Waals surface area contributed by atoms with Gasteiger partial charge < -0.3 is 25.4 Å². The number of carbonyl (C=O) groups excluding carboxylic acids is 2. The van der Waals surface area contributed by atoms with Gasteiger partial charge in [0.25, 0.3) is 5.91 Å². The summed E-state index contributed by atoms with van der Waals surface area (Å²) in [6.07, 6.45) is 2.64. The average molecular weight is 500 g/mol. The minimum absolute atomic E-state index is 0.00632. The quantitative estimate of drug-likeness (QED) is 0.380. The van der Waals surface area contributed by atoms with Gasteiger partial charge in [-0.05, 0) is 61.6 Å². The van der Waals surface area contributed by atoms with Crippen molar-refractivity contribution in [3.63, 3.8) is 0 Å². The molecule has 1 fully saturated rings. The number of carboxylic acid groups (broad SMARTS) is 1. The van der Waals surface area contributed by atoms with E-state index in [1.165, 1.54) is 0 Å². The number of rotatable bonds is 8. The Kier molecular flexibility index (Phi) is 7.80. The fourth-order valence-electron chi connectivity index (χ4n) is 4.74. The number of halogens is 1. The third kappa shape index (κ3) is 5.70. The maximum atomic E-state index is 12.7. The van der Waals surface area contributed by atoms with E-state index in [0.29, 0.717) is 37.0 Å². The average Bonchev–Trinajstić information content (AvgIpc) is 3.12. The molecule has 35 heavy (non-hydrogen) atoms. The number of para-hydroxylation sites is 1. The molecule has 9 heteroatoms. The SMILES string of the molecule is CN1c2ccccc2C(Cl)C1C(=O)NCCNC(=O)c1ccc(O[C@H]2CC[C@@H](C(=O)O)CC2)cc1. The number of amides is 2. The Labute approximate surface area is 209 Å². The summed E-state index contributed by atoms with van der Waals surface area (Å²) in [6.45, 7) is 0.570. The first-order valence-corrected chi connectivity index (χ1v) is 12.3. The third-order valence-electron chi connectivity index (χ3n) is 6.73. The molecule has 2 unspecified atom stereocenters. The molecule has 1 aliphatic carbocycles. The molecule has 0 spiro atoms. The molecule has 0 aromatic heterocycles. The fraction of sp³-hybridized carbons (Fsp3) is 0.423. The summed E-state index contributed by atoms with van der Waals surface area (Å²) >= 11 is 6.53. The van der Waals surface area contributed by atoms with E-state index in [4.69, 9.17) is 21.4 Å². The van der Waals surface area contributed by atoms with Gasteiger partial charge in [0.05, 0.1) is 17.4 Å². The highest BCUT2D eigenvalue weighted by Crippen LogP contribution is 2.42. The number of carboxylic acids is 1. The molecular weight excluding hydrogens is 470 g/mol. The summed E-state index contributed by atoms with van der Waals surface area (Å²) in [7, 11) is 1.85. The Hall–Kier alpha value is -3.26. The number of anilines is 1. The van der Waals surface area contributed by atoms with Crippen LogP contribution in [0.3, 0.4) is 0 Å². The van der Waals surface area contributed by atoms with Crippen molar-refractivity contribution >= 4 is 35.1 Å². The first-order valence-electron chi connectivity index (χ1n) is 11.9. The minimum Gasteiger partial charge on any atom is -0.490 e. The summed E-state index contributed by atoms with van der Waals surface area (Å²) < 4.78 is 5.95. The Morgan fingerprint density at radius 3 is 2.31 bits per heavy atom. The molecule has 2 atom stereocenters. The highest BCUT2D eigenvalue weighted by atomic mass is 35.5. The van der Waals surface area contributed by atoms with Gasteiger partial charge in [-0.2, -0.15) is 0 Å². The molecule has 4 rings (SSSR count). The van der Waals surface area contributed by atoms with Crippen molar-refractivity contribution in [3.8, 4) is 5.75 Å². The van der Waals surface area contributed by atoms with Crippen molar-refractivity contribution in [1.29, 1.82) is 0 Å². The molecule has 1 saturated carbocycles. The van der Waals surface area contributed by atoms with Crippen LogP contribution in [0.2, 0.25) is 0 Å². The maximum Gasteiger partial charge on any atom is 0.306 e. The van der Waals surface area contributed by atoms with Gasteiger partial charge in [0, 0.05) is 31.4 Å². The van der Waals surface area contributed by atoms with Gasteiger partial charge in [-0.25, -0.2) is 0 Å². The van der Waals surface area contributed by atoms with Crippen LogP contribution in [0.5, 0.6) is 5.75 Å². The van der Waals surface area contributed by atoms with Crippen molar-refractivity contribution in [3.05, 3.63) is 59.7 Å². The zero-order valence-corrected chi connectivity index (χ0v) is 20.3. The van der Waals surface area contributed by atoms with Crippen LogP contribution in [-0.4, -0.2) is 55.2 Å². The van der Waals surface area contributed by atoms with Gasteiger partial charge in [0.1, 0.15) is 11.8 Å². The number of likely N-dealkylation sites (N-methyl/N-ethyl adjacent to an activating group) is 1. The second kappa shape index (κ2) is 11.0. The highest BCUT2D eigenvalue weighted by Gasteiger charge is 2.39. The molecular formula is C26H30ClN3O5. The lowest BCUT2D eigenvalue weighted by Gasteiger charge is -2.26. The molecule has 2 aromatic carbocycles. The molecule has 8 nitrogen and oxygen atoms in total. The van der Waals surface area contributed by atoms with Gasteiger partial charge in [-0.3, -0.25) is 14.4 Å². The topological polar surface area (TPSA) is 108 Å². The number of fused-ring (bicyclic) bond motifs is 1. The van der Waals surface area contributed by atoms with Crippen LogP contribution < -0.4 is 20.3 Å². The van der Waals surface area contributed by atoms with Crippen molar-refractivity contribution in [1.82, 2.24) is 10.6 Å². The van der Waals surface area contributed by atoms with E-state index >= 15 is 0 Å². The number of aliphatic carboxylic acids is 1. The molecule has 0 bridgehead atoms. The minimum atomic E-state index is -0.738. The summed E-state index contributed by atoms with van der Waals surface area (Å²) in [5.74, 6) is -0.786. The smallest absolute Gasteiger partial charge is 0.306 e. The van der Waals surface area contributed by atoms with E-state index in [1.54, 1.807) is 24.3 Å². The Morgan fingerprint density at radius 2 is 1.66 bits per heavy atom. The first-order chi connectivity index (χ1) is 16.8. The first kappa shape index (κ1) is 24.9. The molecule has 2 aliphatic rings. The predicted octanol–water partition coefficient (Wildman–Crippen LogP) is 3.35. The van der Waals surface area contributed by atoms with E-state index in [9.17, 15) is 14.4 Å². The number of nitrogens with one attached hydrogen (secondary N) is 2. The Balaban J connectivity index is 1.19. The number of nitrogens with zero attached hydrogens (tertiary/aromatic N) is 1. The van der Waals surface area contributed by atoms with Crippen LogP contribution in [0.25, 0.3) is 0 Å². The van der Waals surface area contributed by atoms with Crippen molar-refractivity contribution < 1.29 is 24.2 Å². The summed E-state index contributed by atoms with van der Waals surface area (Å²) in [6, 6.07) is 14.1. The number of hydrogen-bond donors (Lipinski definition) is 3. The standard InChI is InChI=1S/C26H30ClN3O5/c1-30-21-5-3-2-4-20(21)22(27)23(30)25(32)29-15-14-28-24(31)16-6-10-18(11-7-16)35-19-12-8-17(9-13-19)26(33)34/h2-7,10-11,17,19,22-23H,8-9,12-15H2,1H3,(H,28,31)(H,29,32)(H,33,34)/t17-,19+,22?,23?. The third-order valence-corrected chi connectivity index (χ3v) is 7.20. The van der Waals surface area contributed by atoms with Crippen LogP contribution in [0, 0.1) is 5.92 Å². The number of carbonyl (C=O) groups is 3. The van der Waals surface area contributed by atoms with Crippen LogP contribution in [0.1, 0.15) is 47.0 Å². The molecule has 1 aliphatic heterocycles. The van der Waals surface area contributed by atoms with Crippen molar-refractivity contribution in [2.45, 2.75) is 43.2 Å². The second-order valence-electron chi connectivity index (χ2n) is 9.02. The van der Waals surface area contributed by atoms with Crippen molar-refractivity contribution in [2.24, 2.45) is 5.92 Å². The monoisotopic (exact) mass is 499 g/mol. The van der Waals surface area contributed by atoms with Crippen LogP contribution >= 0.6 is 11.6 Å². The zero-order chi connectivity index (χ0) is 24.9. The Morgan fingerprint density at radius 1 is 1.00 bits per heavy atom. The second-order valence-corrected chi connectivity index (χ2v) is 9.49. The maximum absolute atomic E-state index is 12.7. The molecule has 0 saturated heterocycles. The lowest BCUT2D eigenvalue weighted by atomic mass is 9.87. The van der Waals surface area contributed by atoms with Crippen molar-refractivity contribution in [2.75, 3.05) is 25.0 Å². The van der Waals surface area contributed by atoms with Gasteiger partial charge >= 0.3 is 5.97 Å². The number of benzene rings is 2. The van der Waals surface area contributed by atoms with E-state index in [-0.39, 0.29) is 36.9 Å². The normalized spacial score (nSPS) is 23.3.